The molecule has 1 N–H and O–H groups in total. The van der Waals surface area contributed by atoms with Crippen LogP contribution in [0.2, 0.25) is 0 Å². The fourth-order valence-corrected chi connectivity index (χ4v) is 2.07. The van der Waals surface area contributed by atoms with Gasteiger partial charge >= 0.3 is 5.97 Å². The standard InChI is InChI=1S/C16H26N2O2S/c1-6-20-15(19)10-9-13-7-8-14(18(13)4)11-17-12-16(2,3)21-5/h7-10,17H,6,11-12H2,1-5H3/b10-9+. The molecule has 118 valence electrons. The fraction of sp³-hybridized carbons (Fsp3) is 0.562. The number of carbonyl (C=O) groups is 1. The summed E-state index contributed by atoms with van der Waals surface area (Å²) in [6.07, 6.45) is 5.38. The van der Waals surface area contributed by atoms with E-state index in [9.17, 15) is 4.79 Å². The van der Waals surface area contributed by atoms with Crippen LogP contribution in [0.15, 0.2) is 18.2 Å². The molecule has 0 bridgehead atoms. The van der Waals surface area contributed by atoms with Crippen LogP contribution in [-0.2, 0) is 23.1 Å². The minimum atomic E-state index is -0.305. The first-order chi connectivity index (χ1) is 9.89. The molecule has 0 fully saturated rings. The molecule has 0 saturated heterocycles. The molecule has 1 aromatic heterocycles. The van der Waals surface area contributed by atoms with E-state index in [1.54, 1.807) is 13.0 Å². The van der Waals surface area contributed by atoms with Crippen molar-refractivity contribution >= 4 is 23.8 Å². The lowest BCUT2D eigenvalue weighted by molar-refractivity contribution is -0.137. The molecular formula is C16H26N2O2S. The molecule has 0 aromatic carbocycles. The summed E-state index contributed by atoms with van der Waals surface area (Å²) in [5.41, 5.74) is 2.18. The molecule has 0 atom stereocenters. The van der Waals surface area contributed by atoms with Crippen molar-refractivity contribution < 1.29 is 9.53 Å². The number of ether oxygens (including phenoxy) is 1. The minimum Gasteiger partial charge on any atom is -0.463 e. The van der Waals surface area contributed by atoms with Crippen LogP contribution in [0.1, 0.15) is 32.2 Å². The van der Waals surface area contributed by atoms with Gasteiger partial charge in [0.25, 0.3) is 0 Å². The summed E-state index contributed by atoms with van der Waals surface area (Å²) in [6, 6.07) is 4.08. The van der Waals surface area contributed by atoms with E-state index in [0.29, 0.717) is 6.61 Å². The third-order valence-corrected chi connectivity index (χ3v) is 4.60. The molecule has 5 heteroatoms. The second-order valence-electron chi connectivity index (χ2n) is 5.46. The molecule has 1 rings (SSSR count). The average Bonchev–Trinajstić information content (AvgIpc) is 2.78. The summed E-state index contributed by atoms with van der Waals surface area (Å²) in [4.78, 5) is 11.3. The normalized spacial score (nSPS) is 12.0. The Balaban J connectivity index is 2.57. The molecule has 0 radical (unpaired) electrons. The van der Waals surface area contributed by atoms with Gasteiger partial charge in [-0.25, -0.2) is 4.79 Å². The third kappa shape index (κ3) is 5.98. The summed E-state index contributed by atoms with van der Waals surface area (Å²) in [6.45, 7) is 8.41. The van der Waals surface area contributed by atoms with Crippen LogP contribution >= 0.6 is 11.8 Å². The van der Waals surface area contributed by atoms with Crippen molar-refractivity contribution in [2.75, 3.05) is 19.4 Å². The molecule has 0 unspecified atom stereocenters. The molecule has 0 spiro atoms. The van der Waals surface area contributed by atoms with Crippen LogP contribution in [0.25, 0.3) is 6.08 Å². The van der Waals surface area contributed by atoms with Crippen molar-refractivity contribution in [1.82, 2.24) is 9.88 Å². The van der Waals surface area contributed by atoms with Crippen molar-refractivity contribution in [2.24, 2.45) is 7.05 Å². The molecule has 0 amide bonds. The molecule has 1 aromatic rings. The highest BCUT2D eigenvalue weighted by molar-refractivity contribution is 7.99. The van der Waals surface area contributed by atoms with Crippen LogP contribution in [0.3, 0.4) is 0 Å². The van der Waals surface area contributed by atoms with Gasteiger partial charge in [0.05, 0.1) is 6.61 Å². The van der Waals surface area contributed by atoms with E-state index in [1.807, 2.05) is 24.9 Å². The van der Waals surface area contributed by atoms with Gasteiger partial charge < -0.3 is 14.6 Å². The lowest BCUT2D eigenvalue weighted by Crippen LogP contribution is -2.32. The number of thioether (sulfide) groups is 1. The van der Waals surface area contributed by atoms with E-state index < -0.39 is 0 Å². The Bertz CT molecular complexity index is 492. The predicted octanol–water partition coefficient (Wildman–Crippen LogP) is 2.83. The van der Waals surface area contributed by atoms with Crippen molar-refractivity contribution in [3.63, 3.8) is 0 Å². The number of nitrogens with zero attached hydrogens (tertiary/aromatic N) is 1. The third-order valence-electron chi connectivity index (χ3n) is 3.35. The monoisotopic (exact) mass is 310 g/mol. The lowest BCUT2D eigenvalue weighted by atomic mass is 10.2. The number of nitrogens with one attached hydrogen (secondary N) is 1. The topological polar surface area (TPSA) is 43.3 Å². The van der Waals surface area contributed by atoms with Gasteiger partial charge in [0.15, 0.2) is 0 Å². The maximum absolute atomic E-state index is 11.3. The lowest BCUT2D eigenvalue weighted by Gasteiger charge is -2.22. The summed E-state index contributed by atoms with van der Waals surface area (Å²) in [5.74, 6) is -0.305. The highest BCUT2D eigenvalue weighted by atomic mass is 32.2. The number of hydrogen-bond acceptors (Lipinski definition) is 4. The van der Waals surface area contributed by atoms with Gasteiger partial charge in [-0.15, -0.1) is 0 Å². The SMILES string of the molecule is CCOC(=O)/C=C/c1ccc(CNCC(C)(C)SC)n1C. The number of aromatic nitrogens is 1. The molecule has 0 aliphatic heterocycles. The van der Waals surface area contributed by atoms with Crippen molar-refractivity contribution in [1.29, 1.82) is 0 Å². The van der Waals surface area contributed by atoms with E-state index in [-0.39, 0.29) is 10.7 Å². The van der Waals surface area contributed by atoms with E-state index in [1.165, 1.54) is 11.8 Å². The van der Waals surface area contributed by atoms with Gasteiger partial charge in [0.1, 0.15) is 0 Å². The van der Waals surface area contributed by atoms with Gasteiger partial charge in [-0.05, 0) is 45.2 Å². The van der Waals surface area contributed by atoms with Crippen LogP contribution in [-0.4, -0.2) is 34.7 Å². The Morgan fingerprint density at radius 3 is 2.81 bits per heavy atom. The second kappa shape index (κ2) is 8.29. The Morgan fingerprint density at radius 2 is 2.19 bits per heavy atom. The van der Waals surface area contributed by atoms with Gasteiger partial charge in [0.2, 0.25) is 0 Å². The first-order valence-electron chi connectivity index (χ1n) is 7.15. The highest BCUT2D eigenvalue weighted by Gasteiger charge is 2.15. The minimum absolute atomic E-state index is 0.234. The van der Waals surface area contributed by atoms with Crippen LogP contribution in [0, 0.1) is 0 Å². The zero-order valence-electron chi connectivity index (χ0n) is 13.6. The maximum atomic E-state index is 11.3. The maximum Gasteiger partial charge on any atom is 0.330 e. The quantitative estimate of drug-likeness (QED) is 0.592. The molecule has 4 nitrogen and oxygen atoms in total. The molecular weight excluding hydrogens is 284 g/mol. The largest absolute Gasteiger partial charge is 0.463 e. The second-order valence-corrected chi connectivity index (χ2v) is 6.97. The average molecular weight is 310 g/mol. The zero-order chi connectivity index (χ0) is 15.9. The van der Waals surface area contributed by atoms with Crippen molar-refractivity contribution in [2.45, 2.75) is 32.1 Å². The zero-order valence-corrected chi connectivity index (χ0v) is 14.4. The molecule has 0 saturated carbocycles. The van der Waals surface area contributed by atoms with Crippen LogP contribution in [0.4, 0.5) is 0 Å². The van der Waals surface area contributed by atoms with Gasteiger partial charge in [-0.1, -0.05) is 0 Å². The van der Waals surface area contributed by atoms with Crippen molar-refractivity contribution in [3.8, 4) is 0 Å². The first kappa shape index (κ1) is 17.9. The van der Waals surface area contributed by atoms with Crippen LogP contribution in [0.5, 0.6) is 0 Å². The van der Waals surface area contributed by atoms with E-state index >= 15 is 0 Å². The number of esters is 1. The highest BCUT2D eigenvalue weighted by Crippen LogP contribution is 2.19. The number of rotatable bonds is 8. The van der Waals surface area contributed by atoms with E-state index in [2.05, 4.69) is 36.1 Å². The Morgan fingerprint density at radius 1 is 1.48 bits per heavy atom. The summed E-state index contributed by atoms with van der Waals surface area (Å²) < 4.78 is 7.19. The summed E-state index contributed by atoms with van der Waals surface area (Å²) in [5, 5.41) is 3.47. The number of hydrogen-bond donors (Lipinski definition) is 1. The van der Waals surface area contributed by atoms with Gasteiger partial charge in [0, 0.05) is 42.3 Å². The summed E-state index contributed by atoms with van der Waals surface area (Å²) in [7, 11) is 2.00. The Labute approximate surface area is 131 Å². The molecule has 0 aliphatic carbocycles. The first-order valence-corrected chi connectivity index (χ1v) is 8.37. The molecule has 1 heterocycles. The van der Waals surface area contributed by atoms with Gasteiger partial charge in [-0.3, -0.25) is 0 Å². The van der Waals surface area contributed by atoms with Crippen LogP contribution < -0.4 is 5.32 Å². The van der Waals surface area contributed by atoms with Gasteiger partial charge in [-0.2, -0.15) is 11.8 Å². The molecule has 21 heavy (non-hydrogen) atoms. The fourth-order valence-electron chi connectivity index (χ4n) is 1.82. The number of carbonyl (C=O) groups excluding carboxylic acids is 1. The van der Waals surface area contributed by atoms with Crippen molar-refractivity contribution in [3.05, 3.63) is 29.6 Å². The summed E-state index contributed by atoms with van der Waals surface area (Å²) >= 11 is 1.86. The smallest absolute Gasteiger partial charge is 0.330 e. The van der Waals surface area contributed by atoms with E-state index in [0.717, 1.165) is 18.8 Å². The van der Waals surface area contributed by atoms with E-state index in [4.69, 9.17) is 4.74 Å². The Hall–Kier alpha value is -1.20. The predicted molar refractivity (Wildman–Crippen MR) is 90.4 cm³/mol. The Kier molecular flexibility index (Phi) is 7.05. The molecule has 0 aliphatic rings.